The molecule has 9 heteroatoms. The number of likely N-dealkylation sites (tertiary alicyclic amines) is 1. The number of nitrogens with one attached hydrogen (secondary N) is 2. The van der Waals surface area contributed by atoms with Gasteiger partial charge in [0.1, 0.15) is 0 Å². The van der Waals surface area contributed by atoms with Gasteiger partial charge in [-0.15, -0.1) is 0 Å². The zero-order valence-corrected chi connectivity index (χ0v) is 22.0. The van der Waals surface area contributed by atoms with Crippen molar-refractivity contribution in [2.24, 2.45) is 7.05 Å². The summed E-state index contributed by atoms with van der Waals surface area (Å²) >= 11 is 0. The third-order valence-corrected chi connectivity index (χ3v) is 6.65. The first-order valence-electron chi connectivity index (χ1n) is 12.7. The minimum atomic E-state index is -0.326. The number of hydrogen-bond donors (Lipinski definition) is 2. The standard InChI is InChI=1S/C29H31N7O2/c1-18(2)33-29-30-12-23(13-31-29)27(37)34-26-11-22(6-5-19(26)3)28(38)36-16-25(17-36)21-9-7-20(8-10-21)24-14-32-35(4)15-24/h5-15,18,25H,16-17H2,1-4H3,(H,34,37)(H,30,31,33). The Labute approximate surface area is 221 Å². The normalized spacial score (nSPS) is 13.3. The summed E-state index contributed by atoms with van der Waals surface area (Å²) in [6.45, 7) is 7.19. The van der Waals surface area contributed by atoms with Crippen LogP contribution in [0.1, 0.15) is 51.6 Å². The third kappa shape index (κ3) is 5.41. The van der Waals surface area contributed by atoms with Crippen LogP contribution in [0.4, 0.5) is 11.6 Å². The molecule has 2 aromatic heterocycles. The Morgan fingerprint density at radius 2 is 1.66 bits per heavy atom. The summed E-state index contributed by atoms with van der Waals surface area (Å²) in [5.41, 5.74) is 5.77. The molecular formula is C29H31N7O2. The van der Waals surface area contributed by atoms with Gasteiger partial charge in [-0.1, -0.05) is 30.3 Å². The lowest BCUT2D eigenvalue weighted by Gasteiger charge is -2.39. The highest BCUT2D eigenvalue weighted by molar-refractivity contribution is 6.05. The van der Waals surface area contributed by atoms with Gasteiger partial charge < -0.3 is 15.5 Å². The van der Waals surface area contributed by atoms with Gasteiger partial charge in [0, 0.05) is 67.5 Å². The van der Waals surface area contributed by atoms with Gasteiger partial charge in [-0.25, -0.2) is 9.97 Å². The second-order valence-electron chi connectivity index (χ2n) is 10.0. The molecule has 0 bridgehead atoms. The molecule has 0 radical (unpaired) electrons. The number of anilines is 2. The fraction of sp³-hybridized carbons (Fsp3) is 0.276. The largest absolute Gasteiger partial charge is 0.352 e. The molecule has 0 atom stereocenters. The lowest BCUT2D eigenvalue weighted by molar-refractivity contribution is 0.0602. The van der Waals surface area contributed by atoms with Crippen molar-refractivity contribution in [1.82, 2.24) is 24.6 Å². The van der Waals surface area contributed by atoms with E-state index in [0.29, 0.717) is 41.8 Å². The molecule has 3 heterocycles. The minimum absolute atomic E-state index is 0.0452. The van der Waals surface area contributed by atoms with Gasteiger partial charge in [-0.05, 0) is 49.6 Å². The Balaban J connectivity index is 1.20. The number of rotatable bonds is 7. The first-order chi connectivity index (χ1) is 18.3. The Morgan fingerprint density at radius 3 is 2.29 bits per heavy atom. The highest BCUT2D eigenvalue weighted by Gasteiger charge is 2.32. The number of benzene rings is 2. The van der Waals surface area contributed by atoms with Gasteiger partial charge in [0.15, 0.2) is 0 Å². The van der Waals surface area contributed by atoms with Gasteiger partial charge in [0.2, 0.25) is 5.95 Å². The second-order valence-corrected chi connectivity index (χ2v) is 10.0. The van der Waals surface area contributed by atoms with Crippen LogP contribution in [0.25, 0.3) is 11.1 Å². The van der Waals surface area contributed by atoms with Crippen LogP contribution in [0.5, 0.6) is 0 Å². The fourth-order valence-electron chi connectivity index (χ4n) is 4.42. The number of amides is 2. The van der Waals surface area contributed by atoms with E-state index in [1.807, 2.05) is 51.2 Å². The second kappa shape index (κ2) is 10.5. The molecule has 2 amide bonds. The van der Waals surface area contributed by atoms with Crippen LogP contribution >= 0.6 is 0 Å². The molecule has 2 aromatic carbocycles. The predicted molar refractivity (Wildman–Crippen MR) is 147 cm³/mol. The third-order valence-electron chi connectivity index (χ3n) is 6.65. The van der Waals surface area contributed by atoms with Gasteiger partial charge in [-0.2, -0.15) is 5.10 Å². The Kier molecular flexibility index (Phi) is 6.91. The topological polar surface area (TPSA) is 105 Å². The van der Waals surface area contributed by atoms with E-state index in [0.717, 1.165) is 16.7 Å². The molecule has 0 saturated carbocycles. The number of aromatic nitrogens is 4. The van der Waals surface area contributed by atoms with E-state index in [1.54, 1.807) is 16.8 Å². The molecule has 1 aliphatic rings. The van der Waals surface area contributed by atoms with Crippen molar-refractivity contribution in [2.75, 3.05) is 23.7 Å². The van der Waals surface area contributed by atoms with Gasteiger partial charge in [0.25, 0.3) is 11.8 Å². The van der Waals surface area contributed by atoms with Crippen LogP contribution in [0.2, 0.25) is 0 Å². The molecule has 0 unspecified atom stereocenters. The van der Waals surface area contributed by atoms with Crippen LogP contribution in [0, 0.1) is 6.92 Å². The molecule has 5 rings (SSSR count). The molecule has 4 aromatic rings. The first-order valence-corrected chi connectivity index (χ1v) is 12.7. The summed E-state index contributed by atoms with van der Waals surface area (Å²) < 4.78 is 1.79. The van der Waals surface area contributed by atoms with E-state index >= 15 is 0 Å². The van der Waals surface area contributed by atoms with Crippen LogP contribution in [-0.2, 0) is 7.05 Å². The van der Waals surface area contributed by atoms with E-state index < -0.39 is 0 Å². The molecule has 1 fully saturated rings. The van der Waals surface area contributed by atoms with Crippen molar-refractivity contribution in [3.8, 4) is 11.1 Å². The maximum Gasteiger partial charge on any atom is 0.258 e. The van der Waals surface area contributed by atoms with Crippen molar-refractivity contribution >= 4 is 23.5 Å². The van der Waals surface area contributed by atoms with Crippen molar-refractivity contribution in [2.45, 2.75) is 32.7 Å². The van der Waals surface area contributed by atoms with Crippen LogP contribution in [0.3, 0.4) is 0 Å². The molecular weight excluding hydrogens is 478 g/mol. The number of carbonyl (C=O) groups excluding carboxylic acids is 2. The highest BCUT2D eigenvalue weighted by atomic mass is 16.2. The van der Waals surface area contributed by atoms with Crippen molar-refractivity contribution < 1.29 is 9.59 Å². The highest BCUT2D eigenvalue weighted by Crippen LogP contribution is 2.31. The zero-order chi connectivity index (χ0) is 26.8. The predicted octanol–water partition coefficient (Wildman–Crippen LogP) is 4.50. The molecule has 0 spiro atoms. The van der Waals surface area contributed by atoms with Gasteiger partial charge >= 0.3 is 0 Å². The monoisotopic (exact) mass is 509 g/mol. The molecule has 0 aliphatic carbocycles. The van der Waals surface area contributed by atoms with Crippen molar-refractivity contribution in [3.63, 3.8) is 0 Å². The average molecular weight is 510 g/mol. The lowest BCUT2D eigenvalue weighted by Crippen LogP contribution is -2.48. The summed E-state index contributed by atoms with van der Waals surface area (Å²) in [5, 5.41) is 10.2. The summed E-state index contributed by atoms with van der Waals surface area (Å²) in [6.07, 6.45) is 6.82. The molecule has 38 heavy (non-hydrogen) atoms. The first kappa shape index (κ1) is 25.1. The summed E-state index contributed by atoms with van der Waals surface area (Å²) in [4.78, 5) is 36.2. The molecule has 2 N–H and O–H groups in total. The summed E-state index contributed by atoms with van der Waals surface area (Å²) in [7, 11) is 1.90. The fourth-order valence-corrected chi connectivity index (χ4v) is 4.42. The van der Waals surface area contributed by atoms with E-state index in [4.69, 9.17) is 0 Å². The number of aryl methyl sites for hydroxylation is 2. The summed E-state index contributed by atoms with van der Waals surface area (Å²) in [5.74, 6) is 0.404. The van der Waals surface area contributed by atoms with E-state index in [-0.39, 0.29) is 17.9 Å². The quantitative estimate of drug-likeness (QED) is 0.380. The molecule has 194 valence electrons. The zero-order valence-electron chi connectivity index (χ0n) is 22.0. The smallest absolute Gasteiger partial charge is 0.258 e. The maximum atomic E-state index is 13.2. The van der Waals surface area contributed by atoms with Crippen molar-refractivity contribution in [3.05, 3.63) is 89.5 Å². The number of hydrogen-bond acceptors (Lipinski definition) is 6. The molecule has 1 aliphatic heterocycles. The maximum absolute atomic E-state index is 13.2. The van der Waals surface area contributed by atoms with E-state index in [2.05, 4.69) is 50.0 Å². The Bertz CT molecular complexity index is 1450. The van der Waals surface area contributed by atoms with Crippen molar-refractivity contribution in [1.29, 1.82) is 0 Å². The molecule has 9 nitrogen and oxygen atoms in total. The number of nitrogens with zero attached hydrogens (tertiary/aromatic N) is 5. The Hall–Kier alpha value is -4.53. The van der Waals surface area contributed by atoms with Crippen LogP contribution < -0.4 is 10.6 Å². The number of carbonyl (C=O) groups is 2. The van der Waals surface area contributed by atoms with E-state index in [9.17, 15) is 9.59 Å². The summed E-state index contributed by atoms with van der Waals surface area (Å²) in [6, 6.07) is 14.0. The SMILES string of the molecule is Cc1ccc(C(=O)N2CC(c3ccc(-c4cnn(C)c4)cc3)C2)cc1NC(=O)c1cnc(NC(C)C)nc1. The van der Waals surface area contributed by atoms with Gasteiger partial charge in [-0.3, -0.25) is 14.3 Å². The minimum Gasteiger partial charge on any atom is -0.352 e. The van der Waals surface area contributed by atoms with Crippen LogP contribution in [0.15, 0.2) is 67.3 Å². The molecule has 1 saturated heterocycles. The van der Waals surface area contributed by atoms with E-state index in [1.165, 1.54) is 18.0 Å². The van der Waals surface area contributed by atoms with Crippen LogP contribution in [-0.4, -0.2) is 55.6 Å². The average Bonchev–Trinajstić information content (AvgIpc) is 3.31. The van der Waals surface area contributed by atoms with Gasteiger partial charge in [0.05, 0.1) is 11.8 Å². The lowest BCUT2D eigenvalue weighted by atomic mass is 9.90. The Morgan fingerprint density at radius 1 is 0.947 bits per heavy atom.